The maximum absolute atomic E-state index is 12.1. The largest absolute Gasteiger partial charge is 0.360 e. The highest BCUT2D eigenvalue weighted by atomic mass is 16.1. The van der Waals surface area contributed by atoms with Gasteiger partial charge in [-0.2, -0.15) is 5.26 Å². The maximum atomic E-state index is 12.1. The highest BCUT2D eigenvalue weighted by Crippen LogP contribution is 2.14. The Morgan fingerprint density at radius 1 is 1.29 bits per heavy atom. The molecule has 0 radical (unpaired) electrons. The van der Waals surface area contributed by atoms with Crippen molar-refractivity contribution in [2.24, 2.45) is 0 Å². The van der Waals surface area contributed by atoms with E-state index in [1.165, 1.54) is 6.20 Å². The van der Waals surface area contributed by atoms with Gasteiger partial charge in [0.1, 0.15) is 11.6 Å². The van der Waals surface area contributed by atoms with Gasteiger partial charge in [-0.05, 0) is 37.1 Å². The number of anilines is 1. The van der Waals surface area contributed by atoms with Crippen LogP contribution in [0.5, 0.6) is 0 Å². The quantitative estimate of drug-likeness (QED) is 0.539. The zero-order chi connectivity index (χ0) is 17.4. The summed E-state index contributed by atoms with van der Waals surface area (Å²) in [5.41, 5.74) is 3.21. The van der Waals surface area contributed by atoms with Crippen molar-refractivity contribution in [2.75, 3.05) is 44.6 Å². The van der Waals surface area contributed by atoms with Gasteiger partial charge in [0.2, 0.25) is 0 Å². The molecule has 0 atom stereocenters. The molecular formula is C18H25N5O. The van der Waals surface area contributed by atoms with E-state index in [1.807, 2.05) is 32.0 Å². The molecule has 0 aliphatic carbocycles. The highest BCUT2D eigenvalue weighted by molar-refractivity contribution is 5.97. The van der Waals surface area contributed by atoms with E-state index >= 15 is 0 Å². The number of hydrogen-bond acceptors (Lipinski definition) is 5. The summed E-state index contributed by atoms with van der Waals surface area (Å²) in [4.78, 5) is 14.4. The fraction of sp³-hybridized carbons (Fsp3) is 0.444. The summed E-state index contributed by atoms with van der Waals surface area (Å²) < 4.78 is 0. The molecule has 1 aliphatic heterocycles. The Labute approximate surface area is 143 Å². The van der Waals surface area contributed by atoms with Crippen molar-refractivity contribution in [1.82, 2.24) is 15.5 Å². The fourth-order valence-electron chi connectivity index (χ4n) is 2.72. The van der Waals surface area contributed by atoms with E-state index in [4.69, 9.17) is 0 Å². The summed E-state index contributed by atoms with van der Waals surface area (Å²) in [6, 6.07) is 7.97. The number of carbonyl (C=O) groups is 1. The summed E-state index contributed by atoms with van der Waals surface area (Å²) in [5, 5.41) is 18.3. The SMILES string of the molecule is Cc1cc(C)cc(N/C=C(/C#N)C(=O)NCCN2CCNCC2)c1. The van der Waals surface area contributed by atoms with E-state index < -0.39 is 0 Å². The van der Waals surface area contributed by atoms with Crippen LogP contribution >= 0.6 is 0 Å². The first kappa shape index (κ1) is 18.0. The van der Waals surface area contributed by atoms with Crippen LogP contribution in [0.4, 0.5) is 5.69 Å². The van der Waals surface area contributed by atoms with Crippen LogP contribution in [0.3, 0.4) is 0 Å². The molecule has 24 heavy (non-hydrogen) atoms. The van der Waals surface area contributed by atoms with Gasteiger partial charge in [-0.25, -0.2) is 0 Å². The number of nitriles is 1. The van der Waals surface area contributed by atoms with Crippen molar-refractivity contribution < 1.29 is 4.79 Å². The van der Waals surface area contributed by atoms with Crippen LogP contribution in [0, 0.1) is 25.2 Å². The van der Waals surface area contributed by atoms with Gasteiger partial charge in [0.15, 0.2) is 0 Å². The molecule has 6 heteroatoms. The summed E-state index contributed by atoms with van der Waals surface area (Å²) in [6.07, 6.45) is 1.47. The second kappa shape index (κ2) is 9.06. The van der Waals surface area contributed by atoms with Gasteiger partial charge in [0.05, 0.1) is 0 Å². The highest BCUT2D eigenvalue weighted by Gasteiger charge is 2.11. The Bertz CT molecular complexity index is 621. The first-order chi connectivity index (χ1) is 11.6. The minimum absolute atomic E-state index is 0.0782. The van der Waals surface area contributed by atoms with E-state index in [0.717, 1.165) is 49.5 Å². The predicted molar refractivity (Wildman–Crippen MR) is 95.6 cm³/mol. The fourth-order valence-corrected chi connectivity index (χ4v) is 2.72. The number of nitrogens with zero attached hydrogens (tertiary/aromatic N) is 2. The van der Waals surface area contributed by atoms with E-state index in [9.17, 15) is 10.1 Å². The van der Waals surface area contributed by atoms with Crippen molar-refractivity contribution in [1.29, 1.82) is 5.26 Å². The average molecular weight is 327 g/mol. The minimum atomic E-state index is -0.343. The van der Waals surface area contributed by atoms with Crippen molar-refractivity contribution in [3.05, 3.63) is 41.1 Å². The lowest BCUT2D eigenvalue weighted by Crippen LogP contribution is -2.46. The second-order valence-corrected chi connectivity index (χ2v) is 6.04. The molecule has 0 saturated carbocycles. The Morgan fingerprint density at radius 2 is 1.96 bits per heavy atom. The molecule has 1 amide bonds. The van der Waals surface area contributed by atoms with E-state index in [-0.39, 0.29) is 11.5 Å². The standard InChI is InChI=1S/C18H25N5O/c1-14-9-15(2)11-17(10-14)22-13-16(12-19)18(24)21-5-8-23-6-3-20-4-7-23/h9-11,13,20,22H,3-8H2,1-2H3,(H,21,24)/b16-13-. The Hall–Kier alpha value is -2.36. The normalized spacial score (nSPS) is 15.6. The lowest BCUT2D eigenvalue weighted by atomic mass is 10.1. The molecular weight excluding hydrogens is 302 g/mol. The molecule has 0 aromatic heterocycles. The number of hydrogen-bond donors (Lipinski definition) is 3. The number of benzene rings is 1. The first-order valence-electron chi connectivity index (χ1n) is 8.25. The number of rotatable bonds is 6. The summed E-state index contributed by atoms with van der Waals surface area (Å²) in [5.74, 6) is -0.343. The minimum Gasteiger partial charge on any atom is -0.360 e. The molecule has 3 N–H and O–H groups in total. The molecule has 6 nitrogen and oxygen atoms in total. The van der Waals surface area contributed by atoms with Gasteiger partial charge in [0, 0.05) is 51.2 Å². The number of aryl methyl sites for hydroxylation is 2. The van der Waals surface area contributed by atoms with Gasteiger partial charge in [-0.1, -0.05) is 6.07 Å². The number of nitrogens with one attached hydrogen (secondary N) is 3. The lowest BCUT2D eigenvalue weighted by Gasteiger charge is -2.27. The molecule has 1 aromatic carbocycles. The van der Waals surface area contributed by atoms with E-state index in [2.05, 4.69) is 26.9 Å². The van der Waals surface area contributed by atoms with Crippen LogP contribution in [0.15, 0.2) is 30.0 Å². The lowest BCUT2D eigenvalue weighted by molar-refractivity contribution is -0.117. The van der Waals surface area contributed by atoms with Crippen LogP contribution in [0.2, 0.25) is 0 Å². The zero-order valence-electron chi connectivity index (χ0n) is 14.4. The van der Waals surface area contributed by atoms with Crippen LogP contribution in [-0.4, -0.2) is 50.1 Å². The Balaban J connectivity index is 1.84. The van der Waals surface area contributed by atoms with Crippen LogP contribution in [0.1, 0.15) is 11.1 Å². The third-order valence-corrected chi connectivity index (χ3v) is 3.89. The topological polar surface area (TPSA) is 80.2 Å². The molecule has 1 aliphatic rings. The van der Waals surface area contributed by atoms with Gasteiger partial charge in [0.25, 0.3) is 5.91 Å². The monoisotopic (exact) mass is 327 g/mol. The molecule has 1 aromatic rings. The molecule has 1 fully saturated rings. The van der Waals surface area contributed by atoms with Crippen molar-refractivity contribution in [3.63, 3.8) is 0 Å². The first-order valence-corrected chi connectivity index (χ1v) is 8.25. The van der Waals surface area contributed by atoms with Crippen molar-refractivity contribution in [3.8, 4) is 6.07 Å². The molecule has 0 unspecified atom stereocenters. The second-order valence-electron chi connectivity index (χ2n) is 6.04. The van der Waals surface area contributed by atoms with E-state index in [1.54, 1.807) is 0 Å². The Kier molecular flexibility index (Phi) is 6.79. The summed E-state index contributed by atoms with van der Waals surface area (Å²) in [7, 11) is 0. The Morgan fingerprint density at radius 3 is 2.58 bits per heavy atom. The van der Waals surface area contributed by atoms with Gasteiger partial charge >= 0.3 is 0 Å². The molecule has 0 spiro atoms. The molecule has 128 valence electrons. The van der Waals surface area contributed by atoms with Crippen molar-refractivity contribution >= 4 is 11.6 Å². The number of carbonyl (C=O) groups excluding carboxylic acids is 1. The van der Waals surface area contributed by atoms with E-state index in [0.29, 0.717) is 6.54 Å². The summed E-state index contributed by atoms with van der Waals surface area (Å²) in [6.45, 7) is 9.31. The van der Waals surface area contributed by atoms with Gasteiger partial charge in [-0.15, -0.1) is 0 Å². The van der Waals surface area contributed by atoms with Crippen LogP contribution in [-0.2, 0) is 4.79 Å². The molecule has 1 heterocycles. The third-order valence-electron chi connectivity index (χ3n) is 3.89. The maximum Gasteiger partial charge on any atom is 0.263 e. The number of amides is 1. The molecule has 2 rings (SSSR count). The zero-order valence-corrected chi connectivity index (χ0v) is 14.4. The van der Waals surface area contributed by atoms with Crippen molar-refractivity contribution in [2.45, 2.75) is 13.8 Å². The average Bonchev–Trinajstić information content (AvgIpc) is 2.55. The van der Waals surface area contributed by atoms with Gasteiger partial charge < -0.3 is 16.0 Å². The summed E-state index contributed by atoms with van der Waals surface area (Å²) >= 11 is 0. The van der Waals surface area contributed by atoms with Gasteiger partial charge in [-0.3, -0.25) is 9.69 Å². The van der Waals surface area contributed by atoms with Crippen LogP contribution in [0.25, 0.3) is 0 Å². The number of piperazine rings is 1. The van der Waals surface area contributed by atoms with Crippen LogP contribution < -0.4 is 16.0 Å². The smallest absolute Gasteiger partial charge is 0.263 e. The predicted octanol–water partition coefficient (Wildman–Crippen LogP) is 1.14. The third kappa shape index (κ3) is 5.69. The molecule has 1 saturated heterocycles. The molecule has 0 bridgehead atoms.